The van der Waals surface area contributed by atoms with E-state index < -0.39 is 0 Å². The number of aromatic hydroxyl groups is 2. The van der Waals surface area contributed by atoms with Crippen LogP contribution in [0.2, 0.25) is 0 Å². The third-order valence-corrected chi connectivity index (χ3v) is 4.06. The van der Waals surface area contributed by atoms with Crippen molar-refractivity contribution < 1.29 is 10.2 Å². The van der Waals surface area contributed by atoms with Gasteiger partial charge in [0.2, 0.25) is 0 Å². The van der Waals surface area contributed by atoms with Gasteiger partial charge in [0.15, 0.2) is 0 Å². The SMILES string of the molecule is Cc1cc(O)ccc1C(CBr)c1ccc(O)cc1C. The molecule has 0 radical (unpaired) electrons. The maximum absolute atomic E-state index is 9.51. The summed E-state index contributed by atoms with van der Waals surface area (Å²) >= 11 is 3.57. The van der Waals surface area contributed by atoms with Gasteiger partial charge in [0.05, 0.1) is 0 Å². The lowest BCUT2D eigenvalue weighted by molar-refractivity contribution is 0.474. The zero-order valence-corrected chi connectivity index (χ0v) is 12.6. The molecule has 0 unspecified atom stereocenters. The van der Waals surface area contributed by atoms with Crippen molar-refractivity contribution in [3.8, 4) is 11.5 Å². The molecule has 0 aliphatic rings. The monoisotopic (exact) mass is 320 g/mol. The molecule has 0 spiro atoms. The standard InChI is InChI=1S/C16H17BrO2/c1-10-7-12(18)3-5-14(10)16(9-17)15-6-4-13(19)8-11(15)2/h3-8,16,18-19H,9H2,1-2H3. The van der Waals surface area contributed by atoms with Crippen LogP contribution in [0.15, 0.2) is 36.4 Å². The van der Waals surface area contributed by atoms with E-state index in [2.05, 4.69) is 15.9 Å². The summed E-state index contributed by atoms with van der Waals surface area (Å²) in [5.41, 5.74) is 4.50. The second-order valence-electron chi connectivity index (χ2n) is 4.79. The average Bonchev–Trinajstić information content (AvgIpc) is 2.34. The molecule has 0 bridgehead atoms. The van der Waals surface area contributed by atoms with Gasteiger partial charge in [-0.2, -0.15) is 0 Å². The molecule has 2 rings (SSSR count). The highest BCUT2D eigenvalue weighted by Crippen LogP contribution is 2.33. The topological polar surface area (TPSA) is 40.5 Å². The van der Waals surface area contributed by atoms with Crippen LogP contribution in [0.1, 0.15) is 28.2 Å². The summed E-state index contributed by atoms with van der Waals surface area (Å²) in [6.07, 6.45) is 0. The Morgan fingerprint density at radius 3 is 1.63 bits per heavy atom. The number of hydrogen-bond donors (Lipinski definition) is 2. The van der Waals surface area contributed by atoms with Gasteiger partial charge in [0, 0.05) is 11.2 Å². The fourth-order valence-electron chi connectivity index (χ4n) is 2.44. The molecule has 19 heavy (non-hydrogen) atoms. The number of alkyl halides is 1. The van der Waals surface area contributed by atoms with Crippen LogP contribution >= 0.6 is 15.9 Å². The van der Waals surface area contributed by atoms with E-state index >= 15 is 0 Å². The van der Waals surface area contributed by atoms with Crippen LogP contribution < -0.4 is 0 Å². The van der Waals surface area contributed by atoms with Crippen LogP contribution in [0.4, 0.5) is 0 Å². The molecule has 0 aromatic heterocycles. The minimum Gasteiger partial charge on any atom is -0.508 e. The summed E-state index contributed by atoms with van der Waals surface area (Å²) in [5.74, 6) is 0.787. The first-order valence-corrected chi connectivity index (χ1v) is 7.30. The normalized spacial score (nSPS) is 10.9. The van der Waals surface area contributed by atoms with Crippen LogP contribution in [0.5, 0.6) is 11.5 Å². The quantitative estimate of drug-likeness (QED) is 0.830. The fourth-order valence-corrected chi connectivity index (χ4v) is 3.13. The van der Waals surface area contributed by atoms with Gasteiger partial charge in [-0.1, -0.05) is 28.1 Å². The van der Waals surface area contributed by atoms with Crippen LogP contribution in [0.25, 0.3) is 0 Å². The third kappa shape index (κ3) is 2.92. The zero-order valence-electron chi connectivity index (χ0n) is 11.0. The summed E-state index contributed by atoms with van der Waals surface area (Å²) < 4.78 is 0. The molecule has 100 valence electrons. The Morgan fingerprint density at radius 2 is 1.32 bits per heavy atom. The molecular weight excluding hydrogens is 304 g/mol. The van der Waals surface area contributed by atoms with Crippen molar-refractivity contribution in [1.29, 1.82) is 0 Å². The van der Waals surface area contributed by atoms with Crippen molar-refractivity contribution in [3.63, 3.8) is 0 Å². The van der Waals surface area contributed by atoms with E-state index in [1.807, 2.05) is 26.0 Å². The van der Waals surface area contributed by atoms with Gasteiger partial charge in [-0.3, -0.25) is 0 Å². The van der Waals surface area contributed by atoms with E-state index in [4.69, 9.17) is 0 Å². The van der Waals surface area contributed by atoms with Crippen molar-refractivity contribution in [3.05, 3.63) is 58.7 Å². The van der Waals surface area contributed by atoms with Gasteiger partial charge in [-0.05, 0) is 60.4 Å². The lowest BCUT2D eigenvalue weighted by Crippen LogP contribution is -2.06. The van der Waals surface area contributed by atoms with Gasteiger partial charge >= 0.3 is 0 Å². The summed E-state index contributed by atoms with van der Waals surface area (Å²) in [5, 5.41) is 19.8. The number of phenols is 2. The second-order valence-corrected chi connectivity index (χ2v) is 5.44. The van der Waals surface area contributed by atoms with E-state index in [0.29, 0.717) is 0 Å². The van der Waals surface area contributed by atoms with Gasteiger partial charge < -0.3 is 10.2 Å². The van der Waals surface area contributed by atoms with Gasteiger partial charge in [-0.25, -0.2) is 0 Å². The zero-order chi connectivity index (χ0) is 14.0. The Balaban J connectivity index is 2.50. The lowest BCUT2D eigenvalue weighted by atomic mass is 9.87. The van der Waals surface area contributed by atoms with Gasteiger partial charge in [0.1, 0.15) is 11.5 Å². The molecule has 0 aliphatic heterocycles. The molecule has 0 saturated heterocycles. The minimum atomic E-state index is 0.209. The highest BCUT2D eigenvalue weighted by atomic mass is 79.9. The summed E-state index contributed by atoms with van der Waals surface area (Å²) in [6.45, 7) is 4.00. The Morgan fingerprint density at radius 1 is 0.895 bits per heavy atom. The van der Waals surface area contributed by atoms with Crippen molar-refractivity contribution in [2.24, 2.45) is 0 Å². The number of benzene rings is 2. The number of phenolic OH excluding ortho intramolecular Hbond substituents is 2. The predicted molar refractivity (Wildman–Crippen MR) is 81.3 cm³/mol. The molecule has 0 saturated carbocycles. The molecule has 3 heteroatoms. The van der Waals surface area contributed by atoms with Crippen molar-refractivity contribution in [2.75, 3.05) is 5.33 Å². The van der Waals surface area contributed by atoms with Gasteiger partial charge in [0.25, 0.3) is 0 Å². The summed E-state index contributed by atoms with van der Waals surface area (Å²) in [6, 6.07) is 10.9. The minimum absolute atomic E-state index is 0.209. The Hall–Kier alpha value is -1.48. The Kier molecular flexibility index (Phi) is 4.15. The smallest absolute Gasteiger partial charge is 0.115 e. The second kappa shape index (κ2) is 5.66. The molecule has 0 atom stereocenters. The van der Waals surface area contributed by atoms with Crippen LogP contribution in [0.3, 0.4) is 0 Å². The first kappa shape index (κ1) is 13.9. The first-order valence-electron chi connectivity index (χ1n) is 6.18. The highest BCUT2D eigenvalue weighted by molar-refractivity contribution is 9.09. The maximum Gasteiger partial charge on any atom is 0.115 e. The van der Waals surface area contributed by atoms with E-state index in [1.54, 1.807) is 24.3 Å². The molecular formula is C16H17BrO2. The maximum atomic E-state index is 9.51. The number of halogens is 1. The molecule has 2 aromatic rings. The van der Waals surface area contributed by atoms with Crippen molar-refractivity contribution >= 4 is 15.9 Å². The Bertz CT molecular complexity index is 542. The fraction of sp³-hybridized carbons (Fsp3) is 0.250. The molecule has 2 aromatic carbocycles. The van der Waals surface area contributed by atoms with Gasteiger partial charge in [-0.15, -0.1) is 0 Å². The third-order valence-electron chi connectivity index (χ3n) is 3.41. The van der Waals surface area contributed by atoms with E-state index in [-0.39, 0.29) is 17.4 Å². The molecule has 0 aliphatic carbocycles. The molecule has 0 amide bonds. The average molecular weight is 321 g/mol. The van der Waals surface area contributed by atoms with E-state index in [0.717, 1.165) is 16.5 Å². The predicted octanol–water partition coefficient (Wildman–Crippen LogP) is 4.24. The number of aryl methyl sites for hydroxylation is 2. The lowest BCUT2D eigenvalue weighted by Gasteiger charge is -2.20. The number of hydrogen-bond acceptors (Lipinski definition) is 2. The molecule has 0 heterocycles. The Labute approximate surface area is 121 Å². The van der Waals surface area contributed by atoms with Crippen molar-refractivity contribution in [1.82, 2.24) is 0 Å². The highest BCUT2D eigenvalue weighted by Gasteiger charge is 2.17. The van der Waals surface area contributed by atoms with Crippen LogP contribution in [0, 0.1) is 13.8 Å². The van der Waals surface area contributed by atoms with Crippen LogP contribution in [-0.2, 0) is 0 Å². The molecule has 2 N–H and O–H groups in total. The van der Waals surface area contributed by atoms with Crippen LogP contribution in [-0.4, -0.2) is 15.5 Å². The summed E-state index contributed by atoms with van der Waals surface area (Å²) in [4.78, 5) is 0. The number of rotatable bonds is 3. The first-order chi connectivity index (χ1) is 9.02. The molecule has 2 nitrogen and oxygen atoms in total. The summed E-state index contributed by atoms with van der Waals surface area (Å²) in [7, 11) is 0. The molecule has 0 fully saturated rings. The van der Waals surface area contributed by atoms with E-state index in [9.17, 15) is 10.2 Å². The van der Waals surface area contributed by atoms with Crippen molar-refractivity contribution in [2.45, 2.75) is 19.8 Å². The largest absolute Gasteiger partial charge is 0.508 e. The van der Waals surface area contributed by atoms with E-state index in [1.165, 1.54) is 11.1 Å².